The molecule has 1 rings (SSSR count). The second-order valence-electron chi connectivity index (χ2n) is 3.44. The number of halogens is 2. The molecule has 3 N–H and O–H groups in total. The standard InChI is InChI=1S/C11H14F2N2O/c1-2-8(6-14)15-11(16)9-5-7(12)3-4-10(9)13/h3-5,8H,2,6,14H2,1H3,(H,15,16). The summed E-state index contributed by atoms with van der Waals surface area (Å²) in [5.41, 5.74) is 5.10. The molecule has 1 aromatic carbocycles. The highest BCUT2D eigenvalue weighted by Crippen LogP contribution is 2.09. The Hall–Kier alpha value is -1.49. The lowest BCUT2D eigenvalue weighted by molar-refractivity contribution is 0.0932. The first-order chi connectivity index (χ1) is 7.58. The average molecular weight is 228 g/mol. The highest BCUT2D eigenvalue weighted by Gasteiger charge is 2.15. The average Bonchev–Trinajstić information content (AvgIpc) is 2.28. The second-order valence-corrected chi connectivity index (χ2v) is 3.44. The van der Waals surface area contributed by atoms with Crippen LogP contribution in [0.3, 0.4) is 0 Å². The van der Waals surface area contributed by atoms with Crippen LogP contribution in [0.5, 0.6) is 0 Å². The summed E-state index contributed by atoms with van der Waals surface area (Å²) in [6, 6.07) is 2.53. The number of carbonyl (C=O) groups excluding carboxylic acids is 1. The molecule has 0 spiro atoms. The van der Waals surface area contributed by atoms with Gasteiger partial charge in [-0.15, -0.1) is 0 Å². The van der Waals surface area contributed by atoms with Crippen LogP contribution in [0.4, 0.5) is 8.78 Å². The van der Waals surface area contributed by atoms with Gasteiger partial charge in [0.25, 0.3) is 5.91 Å². The molecule has 0 saturated heterocycles. The van der Waals surface area contributed by atoms with Crippen molar-refractivity contribution in [3.05, 3.63) is 35.4 Å². The molecule has 1 aromatic rings. The van der Waals surface area contributed by atoms with Crippen molar-refractivity contribution in [1.82, 2.24) is 5.32 Å². The third-order valence-corrected chi connectivity index (χ3v) is 2.29. The minimum absolute atomic E-state index is 0.227. The van der Waals surface area contributed by atoms with E-state index in [1.54, 1.807) is 0 Å². The molecule has 3 nitrogen and oxygen atoms in total. The lowest BCUT2D eigenvalue weighted by Crippen LogP contribution is -2.40. The molecule has 0 fully saturated rings. The van der Waals surface area contributed by atoms with Crippen molar-refractivity contribution in [2.45, 2.75) is 19.4 Å². The summed E-state index contributed by atoms with van der Waals surface area (Å²) >= 11 is 0. The lowest BCUT2D eigenvalue weighted by Gasteiger charge is -2.14. The largest absolute Gasteiger partial charge is 0.348 e. The molecule has 0 aromatic heterocycles. The minimum atomic E-state index is -0.745. The monoisotopic (exact) mass is 228 g/mol. The van der Waals surface area contributed by atoms with Gasteiger partial charge in [-0.25, -0.2) is 8.78 Å². The quantitative estimate of drug-likeness (QED) is 0.819. The van der Waals surface area contributed by atoms with Gasteiger partial charge in [-0.3, -0.25) is 4.79 Å². The zero-order valence-corrected chi connectivity index (χ0v) is 8.97. The molecule has 0 aliphatic carbocycles. The topological polar surface area (TPSA) is 55.1 Å². The van der Waals surface area contributed by atoms with Crippen LogP contribution in [0.25, 0.3) is 0 Å². The van der Waals surface area contributed by atoms with E-state index >= 15 is 0 Å². The van der Waals surface area contributed by atoms with Crippen molar-refractivity contribution in [1.29, 1.82) is 0 Å². The summed E-state index contributed by atoms with van der Waals surface area (Å²) in [5, 5.41) is 2.53. The Bertz CT molecular complexity index is 378. The second kappa shape index (κ2) is 5.55. The molecule has 1 atom stereocenters. The van der Waals surface area contributed by atoms with Gasteiger partial charge in [-0.2, -0.15) is 0 Å². The van der Waals surface area contributed by atoms with Gasteiger partial charge in [0, 0.05) is 12.6 Å². The Balaban J connectivity index is 2.83. The van der Waals surface area contributed by atoms with E-state index in [1.165, 1.54) is 0 Å². The van der Waals surface area contributed by atoms with Gasteiger partial charge >= 0.3 is 0 Å². The first kappa shape index (κ1) is 12.6. The predicted octanol–water partition coefficient (Wildman–Crippen LogP) is 1.43. The summed E-state index contributed by atoms with van der Waals surface area (Å²) in [6.45, 7) is 2.11. The molecule has 1 amide bonds. The van der Waals surface area contributed by atoms with E-state index in [4.69, 9.17) is 5.73 Å². The smallest absolute Gasteiger partial charge is 0.254 e. The van der Waals surface area contributed by atoms with E-state index < -0.39 is 17.5 Å². The Morgan fingerprint density at radius 3 is 2.75 bits per heavy atom. The van der Waals surface area contributed by atoms with Crippen molar-refractivity contribution >= 4 is 5.91 Å². The summed E-state index contributed by atoms with van der Waals surface area (Å²) in [7, 11) is 0. The summed E-state index contributed by atoms with van der Waals surface area (Å²) < 4.78 is 26.1. The Morgan fingerprint density at radius 1 is 1.50 bits per heavy atom. The van der Waals surface area contributed by atoms with E-state index in [-0.39, 0.29) is 18.2 Å². The van der Waals surface area contributed by atoms with Crippen molar-refractivity contribution < 1.29 is 13.6 Å². The molecule has 0 saturated carbocycles. The molecule has 16 heavy (non-hydrogen) atoms. The van der Waals surface area contributed by atoms with Crippen LogP contribution in [0, 0.1) is 11.6 Å². The van der Waals surface area contributed by atoms with Crippen LogP contribution in [-0.2, 0) is 0 Å². The predicted molar refractivity (Wildman–Crippen MR) is 57.0 cm³/mol. The molecule has 0 aliphatic rings. The van der Waals surface area contributed by atoms with Crippen LogP contribution in [-0.4, -0.2) is 18.5 Å². The van der Waals surface area contributed by atoms with Crippen LogP contribution in [0.1, 0.15) is 23.7 Å². The number of carbonyl (C=O) groups is 1. The van der Waals surface area contributed by atoms with Gasteiger partial charge in [0.1, 0.15) is 11.6 Å². The normalized spacial score (nSPS) is 12.2. The minimum Gasteiger partial charge on any atom is -0.348 e. The van der Waals surface area contributed by atoms with E-state index in [0.717, 1.165) is 18.2 Å². The molecule has 0 aliphatic heterocycles. The van der Waals surface area contributed by atoms with Crippen LogP contribution < -0.4 is 11.1 Å². The number of rotatable bonds is 4. The van der Waals surface area contributed by atoms with Crippen molar-refractivity contribution in [2.75, 3.05) is 6.54 Å². The number of benzene rings is 1. The molecular weight excluding hydrogens is 214 g/mol. The maximum atomic E-state index is 13.2. The van der Waals surface area contributed by atoms with Crippen LogP contribution >= 0.6 is 0 Å². The third kappa shape index (κ3) is 3.00. The summed E-state index contributed by atoms with van der Waals surface area (Å²) in [5.74, 6) is -2.03. The number of nitrogens with two attached hydrogens (primary N) is 1. The van der Waals surface area contributed by atoms with Gasteiger partial charge in [0.05, 0.1) is 5.56 Å². The molecule has 88 valence electrons. The van der Waals surface area contributed by atoms with Crippen LogP contribution in [0.15, 0.2) is 18.2 Å². The van der Waals surface area contributed by atoms with E-state index in [2.05, 4.69) is 5.32 Å². The highest BCUT2D eigenvalue weighted by molar-refractivity contribution is 5.94. The maximum absolute atomic E-state index is 13.2. The fourth-order valence-electron chi connectivity index (χ4n) is 1.26. The zero-order valence-electron chi connectivity index (χ0n) is 8.97. The van der Waals surface area contributed by atoms with Crippen molar-refractivity contribution in [3.63, 3.8) is 0 Å². The van der Waals surface area contributed by atoms with Gasteiger partial charge in [0.15, 0.2) is 0 Å². The van der Waals surface area contributed by atoms with Crippen molar-refractivity contribution in [3.8, 4) is 0 Å². The third-order valence-electron chi connectivity index (χ3n) is 2.29. The van der Waals surface area contributed by atoms with Gasteiger partial charge in [0.2, 0.25) is 0 Å². The Labute approximate surface area is 92.6 Å². The van der Waals surface area contributed by atoms with Crippen molar-refractivity contribution in [2.24, 2.45) is 5.73 Å². The Kier molecular flexibility index (Phi) is 4.37. The SMILES string of the molecule is CCC(CN)NC(=O)c1cc(F)ccc1F. The molecule has 0 bridgehead atoms. The maximum Gasteiger partial charge on any atom is 0.254 e. The summed E-state index contributed by atoms with van der Waals surface area (Å²) in [6.07, 6.45) is 0.638. The fraction of sp³-hybridized carbons (Fsp3) is 0.364. The van der Waals surface area contributed by atoms with Gasteiger partial charge in [-0.05, 0) is 24.6 Å². The van der Waals surface area contributed by atoms with E-state index in [1.807, 2.05) is 6.92 Å². The zero-order chi connectivity index (χ0) is 12.1. The molecule has 0 radical (unpaired) electrons. The summed E-state index contributed by atoms with van der Waals surface area (Å²) in [4.78, 5) is 11.6. The Morgan fingerprint density at radius 2 is 2.19 bits per heavy atom. The molecule has 0 heterocycles. The van der Waals surface area contributed by atoms with Gasteiger partial charge in [-0.1, -0.05) is 6.92 Å². The lowest BCUT2D eigenvalue weighted by atomic mass is 10.1. The van der Waals surface area contributed by atoms with E-state index in [9.17, 15) is 13.6 Å². The number of nitrogens with one attached hydrogen (secondary N) is 1. The number of hydrogen-bond acceptors (Lipinski definition) is 2. The number of hydrogen-bond donors (Lipinski definition) is 2. The first-order valence-electron chi connectivity index (χ1n) is 5.04. The first-order valence-corrected chi connectivity index (χ1v) is 5.04. The molecule has 1 unspecified atom stereocenters. The van der Waals surface area contributed by atoms with E-state index in [0.29, 0.717) is 6.42 Å². The molecular formula is C11H14F2N2O. The fourth-order valence-corrected chi connectivity index (χ4v) is 1.26. The van der Waals surface area contributed by atoms with Gasteiger partial charge < -0.3 is 11.1 Å². The highest BCUT2D eigenvalue weighted by atomic mass is 19.1. The molecule has 5 heteroatoms. The number of amides is 1. The van der Waals surface area contributed by atoms with Crippen LogP contribution in [0.2, 0.25) is 0 Å².